The summed E-state index contributed by atoms with van der Waals surface area (Å²) in [7, 11) is 0. The smallest absolute Gasteiger partial charge is 0.0104 e. The lowest BCUT2D eigenvalue weighted by atomic mass is 9.82. The monoisotopic (exact) mass is 161 g/mol. The van der Waals surface area contributed by atoms with Crippen molar-refractivity contribution in [2.75, 3.05) is 0 Å². The van der Waals surface area contributed by atoms with Crippen LogP contribution >= 0.6 is 0 Å². The second kappa shape index (κ2) is 3.30. The third-order valence-corrected chi connectivity index (χ3v) is 2.46. The molecule has 1 radical (unpaired) electrons. The van der Waals surface area contributed by atoms with Gasteiger partial charge in [0.1, 0.15) is 0 Å². The molecule has 0 N–H and O–H groups in total. The first-order chi connectivity index (χ1) is 5.56. The van der Waals surface area contributed by atoms with E-state index in [1.165, 1.54) is 11.1 Å². The van der Waals surface area contributed by atoms with Crippen LogP contribution in [0.5, 0.6) is 0 Å². The van der Waals surface area contributed by atoms with Gasteiger partial charge >= 0.3 is 0 Å². The van der Waals surface area contributed by atoms with Crippen LogP contribution in [-0.4, -0.2) is 0 Å². The van der Waals surface area contributed by atoms with Crippen molar-refractivity contribution in [3.8, 4) is 0 Å². The summed E-state index contributed by atoms with van der Waals surface area (Å²) < 4.78 is 0. The Morgan fingerprint density at radius 3 is 2.08 bits per heavy atom. The first-order valence-corrected chi connectivity index (χ1v) is 4.42. The summed E-state index contributed by atoms with van der Waals surface area (Å²) in [6, 6.07) is 8.71. The second-order valence-electron chi connectivity index (χ2n) is 4.00. The Morgan fingerprint density at radius 2 is 1.67 bits per heavy atom. The Kier molecular flexibility index (Phi) is 2.56. The highest BCUT2D eigenvalue weighted by Gasteiger charge is 2.16. The topological polar surface area (TPSA) is 0 Å². The van der Waals surface area contributed by atoms with Crippen LogP contribution in [0.25, 0.3) is 0 Å². The Morgan fingerprint density at radius 1 is 1.17 bits per heavy atom. The van der Waals surface area contributed by atoms with Crippen molar-refractivity contribution in [1.29, 1.82) is 0 Å². The van der Waals surface area contributed by atoms with Gasteiger partial charge in [0.25, 0.3) is 0 Å². The highest BCUT2D eigenvalue weighted by atomic mass is 14.2. The van der Waals surface area contributed by atoms with Crippen LogP contribution in [0.15, 0.2) is 24.3 Å². The minimum absolute atomic E-state index is 0.216. The Labute approximate surface area is 75.6 Å². The zero-order chi connectivity index (χ0) is 9.19. The van der Waals surface area contributed by atoms with E-state index in [0.717, 1.165) is 6.42 Å². The predicted octanol–water partition coefficient (Wildman–Crippen LogP) is 3.50. The summed E-state index contributed by atoms with van der Waals surface area (Å²) in [4.78, 5) is 0. The highest BCUT2D eigenvalue weighted by Crippen LogP contribution is 2.26. The number of rotatable bonds is 2. The molecule has 0 aliphatic rings. The molecule has 0 heteroatoms. The van der Waals surface area contributed by atoms with E-state index in [2.05, 4.69) is 52.0 Å². The van der Waals surface area contributed by atoms with Crippen molar-refractivity contribution in [1.82, 2.24) is 0 Å². The Bertz CT molecular complexity index is 241. The van der Waals surface area contributed by atoms with Gasteiger partial charge in [-0.3, -0.25) is 0 Å². The van der Waals surface area contributed by atoms with Crippen LogP contribution < -0.4 is 0 Å². The van der Waals surface area contributed by atoms with Gasteiger partial charge in [-0.15, -0.1) is 0 Å². The van der Waals surface area contributed by atoms with Crippen LogP contribution in [0.4, 0.5) is 0 Å². The number of benzene rings is 1. The van der Waals surface area contributed by atoms with E-state index in [4.69, 9.17) is 0 Å². The fourth-order valence-electron chi connectivity index (χ4n) is 1.15. The number of hydrogen-bond donors (Lipinski definition) is 0. The maximum absolute atomic E-state index is 3.96. The molecule has 0 bridgehead atoms. The quantitative estimate of drug-likeness (QED) is 0.622. The summed E-state index contributed by atoms with van der Waals surface area (Å²) in [5.41, 5.74) is 2.91. The SMILES string of the molecule is [CH2]CC(C)(C)c1ccc(C)cc1. The predicted molar refractivity (Wildman–Crippen MR) is 54.2 cm³/mol. The molecule has 0 saturated carbocycles. The summed E-state index contributed by atoms with van der Waals surface area (Å²) in [5, 5.41) is 0. The molecule has 0 heterocycles. The van der Waals surface area contributed by atoms with Gasteiger partial charge in [0.2, 0.25) is 0 Å². The Hall–Kier alpha value is -0.780. The van der Waals surface area contributed by atoms with Gasteiger partial charge in [-0.25, -0.2) is 0 Å². The zero-order valence-corrected chi connectivity index (χ0v) is 8.22. The molecule has 0 aliphatic carbocycles. The lowest BCUT2D eigenvalue weighted by Gasteiger charge is -2.23. The molecule has 0 aliphatic heterocycles. The molecule has 0 fully saturated rings. The molecule has 0 spiro atoms. The lowest BCUT2D eigenvalue weighted by molar-refractivity contribution is 0.532. The molecule has 1 aromatic rings. The largest absolute Gasteiger partial charge is 0.0590 e. The van der Waals surface area contributed by atoms with Crippen LogP contribution in [0.1, 0.15) is 31.4 Å². The molecular weight excluding hydrogens is 144 g/mol. The van der Waals surface area contributed by atoms with E-state index < -0.39 is 0 Å². The van der Waals surface area contributed by atoms with Crippen molar-refractivity contribution in [2.45, 2.75) is 32.6 Å². The second-order valence-corrected chi connectivity index (χ2v) is 4.00. The van der Waals surface area contributed by atoms with Gasteiger partial charge in [0, 0.05) is 0 Å². The first-order valence-electron chi connectivity index (χ1n) is 4.42. The third-order valence-electron chi connectivity index (χ3n) is 2.46. The van der Waals surface area contributed by atoms with E-state index in [0.29, 0.717) is 0 Å². The van der Waals surface area contributed by atoms with Crippen molar-refractivity contribution in [3.63, 3.8) is 0 Å². The molecule has 1 aromatic carbocycles. The molecule has 0 unspecified atom stereocenters. The lowest BCUT2D eigenvalue weighted by Crippen LogP contribution is -2.15. The van der Waals surface area contributed by atoms with Crippen LogP contribution in [-0.2, 0) is 5.41 Å². The molecule has 1 rings (SSSR count). The molecule has 0 amide bonds. The van der Waals surface area contributed by atoms with Gasteiger partial charge < -0.3 is 0 Å². The minimum atomic E-state index is 0.216. The molecule has 0 saturated heterocycles. The molecular formula is C12H17. The summed E-state index contributed by atoms with van der Waals surface area (Å²) in [5.74, 6) is 0. The average molecular weight is 161 g/mol. The fourth-order valence-corrected chi connectivity index (χ4v) is 1.15. The van der Waals surface area contributed by atoms with E-state index in [9.17, 15) is 0 Å². The maximum Gasteiger partial charge on any atom is -0.0104 e. The number of aryl methyl sites for hydroxylation is 1. The molecule has 65 valence electrons. The van der Waals surface area contributed by atoms with E-state index in [-0.39, 0.29) is 5.41 Å². The van der Waals surface area contributed by atoms with Crippen molar-refractivity contribution >= 4 is 0 Å². The summed E-state index contributed by atoms with van der Waals surface area (Å²) in [6.45, 7) is 10.5. The van der Waals surface area contributed by atoms with Crippen molar-refractivity contribution in [3.05, 3.63) is 42.3 Å². The summed E-state index contributed by atoms with van der Waals surface area (Å²) in [6.07, 6.45) is 0.941. The summed E-state index contributed by atoms with van der Waals surface area (Å²) >= 11 is 0. The van der Waals surface area contributed by atoms with Crippen LogP contribution in [0.3, 0.4) is 0 Å². The van der Waals surface area contributed by atoms with Gasteiger partial charge in [-0.05, 0) is 24.3 Å². The van der Waals surface area contributed by atoms with Gasteiger partial charge in [0.05, 0.1) is 0 Å². The average Bonchev–Trinajstić information content (AvgIpc) is 2.05. The van der Waals surface area contributed by atoms with Crippen LogP contribution in [0.2, 0.25) is 0 Å². The van der Waals surface area contributed by atoms with Gasteiger partial charge in [-0.2, -0.15) is 0 Å². The fraction of sp³-hybridized carbons (Fsp3) is 0.417. The normalized spacial score (nSPS) is 11.7. The first kappa shape index (κ1) is 9.31. The van der Waals surface area contributed by atoms with Crippen LogP contribution in [0, 0.1) is 13.8 Å². The molecule has 0 nitrogen and oxygen atoms in total. The van der Waals surface area contributed by atoms with Crippen molar-refractivity contribution in [2.24, 2.45) is 0 Å². The van der Waals surface area contributed by atoms with E-state index in [1.54, 1.807) is 0 Å². The third kappa shape index (κ3) is 1.88. The molecule has 0 aromatic heterocycles. The minimum Gasteiger partial charge on any atom is -0.0590 e. The Balaban J connectivity index is 2.96. The van der Waals surface area contributed by atoms with Gasteiger partial charge in [0.15, 0.2) is 0 Å². The van der Waals surface area contributed by atoms with Gasteiger partial charge in [-0.1, -0.05) is 50.6 Å². The van der Waals surface area contributed by atoms with E-state index in [1.807, 2.05) is 0 Å². The van der Waals surface area contributed by atoms with Crippen molar-refractivity contribution < 1.29 is 0 Å². The molecule has 0 atom stereocenters. The zero-order valence-electron chi connectivity index (χ0n) is 8.22. The molecule has 12 heavy (non-hydrogen) atoms. The highest BCUT2D eigenvalue weighted by molar-refractivity contribution is 5.27. The standard InChI is InChI=1S/C12H17/c1-5-12(3,4)11-8-6-10(2)7-9-11/h6-9H,1,5H2,2-4H3. The van der Waals surface area contributed by atoms with E-state index >= 15 is 0 Å². The number of hydrogen-bond acceptors (Lipinski definition) is 0. The maximum atomic E-state index is 3.96.